The third-order valence-corrected chi connectivity index (χ3v) is 4.21. The number of hydrogen-bond acceptors (Lipinski definition) is 7. The maximum atomic E-state index is 12.0. The van der Waals surface area contributed by atoms with E-state index in [9.17, 15) is 30.0 Å². The highest BCUT2D eigenvalue weighted by Crippen LogP contribution is 2.11. The highest BCUT2D eigenvalue weighted by molar-refractivity contribution is 5.97. The van der Waals surface area contributed by atoms with Gasteiger partial charge in [-0.15, -0.1) is 0 Å². The average Bonchev–Trinajstić information content (AvgIpc) is 2.63. The number of hydrogen-bond donors (Lipinski definition) is 5. The highest BCUT2D eigenvalue weighted by atomic mass is 16.4. The largest absolute Gasteiger partial charge is 0.394 e. The van der Waals surface area contributed by atoms with E-state index in [2.05, 4.69) is 6.92 Å². The number of rotatable bonds is 13. The van der Waals surface area contributed by atoms with E-state index in [-0.39, 0.29) is 6.42 Å². The van der Waals surface area contributed by atoms with Crippen LogP contribution in [-0.2, 0) is 9.59 Å². The predicted octanol–water partition coefficient (Wildman–Crippen LogP) is -0.452. The van der Waals surface area contributed by atoms with Gasteiger partial charge in [0.15, 0.2) is 6.10 Å². The number of nitrogens with zero attached hydrogens (tertiary/aromatic N) is 1. The molecule has 0 aliphatic carbocycles. The molecule has 8 nitrogen and oxygen atoms in total. The number of carbonyl (C=O) groups excluding carboxylic acids is 2. The van der Waals surface area contributed by atoms with Crippen molar-refractivity contribution in [1.29, 1.82) is 0 Å². The van der Waals surface area contributed by atoms with Crippen molar-refractivity contribution in [2.75, 3.05) is 13.7 Å². The molecule has 148 valence electrons. The molecule has 0 saturated heterocycles. The Morgan fingerprint density at radius 3 is 1.92 bits per heavy atom. The van der Waals surface area contributed by atoms with Crippen molar-refractivity contribution in [2.24, 2.45) is 0 Å². The van der Waals surface area contributed by atoms with Crippen LogP contribution in [0.4, 0.5) is 0 Å². The molecule has 2 amide bonds. The minimum Gasteiger partial charge on any atom is -0.394 e. The Kier molecular flexibility index (Phi) is 12.6. The van der Waals surface area contributed by atoms with Crippen LogP contribution in [0.25, 0.3) is 0 Å². The number of amides is 2. The number of aliphatic hydroxyl groups excluding tert-OH is 5. The zero-order valence-electron chi connectivity index (χ0n) is 15.2. The average molecular weight is 363 g/mol. The molecular formula is C17H33NO7. The van der Waals surface area contributed by atoms with Crippen molar-refractivity contribution >= 4 is 11.8 Å². The van der Waals surface area contributed by atoms with Crippen LogP contribution in [0.3, 0.4) is 0 Å². The summed E-state index contributed by atoms with van der Waals surface area (Å²) in [7, 11) is 1.19. The van der Waals surface area contributed by atoms with Crippen molar-refractivity contribution in [2.45, 2.75) is 82.7 Å². The topological polar surface area (TPSA) is 139 Å². The SMILES string of the molecule is CCCCCCCCCC(=O)N(C)C(=O)[C@H](O)[C@@H](O)[C@H](O)[C@H](O)CO. The van der Waals surface area contributed by atoms with Gasteiger partial charge in [-0.3, -0.25) is 14.5 Å². The zero-order chi connectivity index (χ0) is 19.4. The van der Waals surface area contributed by atoms with Gasteiger partial charge in [-0.25, -0.2) is 0 Å². The highest BCUT2D eigenvalue weighted by Gasteiger charge is 2.36. The Balaban J connectivity index is 4.26. The second-order valence-electron chi connectivity index (χ2n) is 6.34. The van der Waals surface area contributed by atoms with Crippen molar-refractivity contribution in [1.82, 2.24) is 4.90 Å². The molecule has 0 spiro atoms. The molecule has 0 fully saturated rings. The lowest BCUT2D eigenvalue weighted by atomic mass is 10.0. The van der Waals surface area contributed by atoms with Crippen LogP contribution in [-0.4, -0.2) is 80.3 Å². The lowest BCUT2D eigenvalue weighted by Gasteiger charge is -2.27. The summed E-state index contributed by atoms with van der Waals surface area (Å²) in [6.07, 6.45) is -0.335. The van der Waals surface area contributed by atoms with Gasteiger partial charge < -0.3 is 25.5 Å². The van der Waals surface area contributed by atoms with Crippen molar-refractivity contribution in [3.05, 3.63) is 0 Å². The van der Waals surface area contributed by atoms with Crippen molar-refractivity contribution in [3.8, 4) is 0 Å². The standard InChI is InChI=1S/C17H33NO7/c1-3-4-5-6-7-8-9-10-13(21)18(2)17(25)16(24)15(23)14(22)12(20)11-19/h12,14-16,19-20,22-24H,3-11H2,1-2H3/t12-,14-,15+,16-/m1/s1. The maximum absolute atomic E-state index is 12.0. The first kappa shape index (κ1) is 23.9. The molecule has 5 N–H and O–H groups in total. The number of aliphatic hydroxyl groups is 5. The van der Waals surface area contributed by atoms with Gasteiger partial charge in [0.25, 0.3) is 5.91 Å². The minimum absolute atomic E-state index is 0.153. The van der Waals surface area contributed by atoms with E-state index >= 15 is 0 Å². The monoisotopic (exact) mass is 363 g/mol. The molecule has 0 bridgehead atoms. The molecule has 0 rings (SSSR count). The van der Waals surface area contributed by atoms with Crippen LogP contribution in [0.15, 0.2) is 0 Å². The first-order valence-electron chi connectivity index (χ1n) is 8.91. The lowest BCUT2D eigenvalue weighted by Crippen LogP contribution is -2.52. The summed E-state index contributed by atoms with van der Waals surface area (Å²) in [5.41, 5.74) is 0. The smallest absolute Gasteiger partial charge is 0.260 e. The molecule has 0 aromatic heterocycles. The Morgan fingerprint density at radius 1 is 0.880 bits per heavy atom. The summed E-state index contributed by atoms with van der Waals surface area (Å²) in [6.45, 7) is 1.30. The van der Waals surface area contributed by atoms with Crippen LogP contribution in [0, 0.1) is 0 Å². The maximum Gasteiger partial charge on any atom is 0.260 e. The Labute approximate surface area is 149 Å². The summed E-state index contributed by atoms with van der Waals surface area (Å²) >= 11 is 0. The van der Waals surface area contributed by atoms with E-state index in [1.54, 1.807) is 0 Å². The zero-order valence-corrected chi connectivity index (χ0v) is 15.2. The summed E-state index contributed by atoms with van der Waals surface area (Å²) in [4.78, 5) is 24.7. The normalized spacial score (nSPS) is 16.1. The summed E-state index contributed by atoms with van der Waals surface area (Å²) < 4.78 is 0. The van der Waals surface area contributed by atoms with E-state index in [1.807, 2.05) is 0 Å². The molecule has 0 aliphatic heterocycles. The number of likely N-dealkylation sites (N-methyl/N-ethyl adjacent to an activating group) is 1. The van der Waals surface area contributed by atoms with E-state index in [0.717, 1.165) is 19.3 Å². The van der Waals surface area contributed by atoms with Gasteiger partial charge in [0.05, 0.1) is 6.61 Å². The number of imide groups is 1. The van der Waals surface area contributed by atoms with Crippen LogP contribution in [0.1, 0.15) is 58.3 Å². The molecule has 0 aliphatic rings. The molecule has 4 atom stereocenters. The summed E-state index contributed by atoms with van der Waals surface area (Å²) in [6, 6.07) is 0. The fraction of sp³-hybridized carbons (Fsp3) is 0.882. The van der Waals surface area contributed by atoms with Gasteiger partial charge in [-0.2, -0.15) is 0 Å². The van der Waals surface area contributed by atoms with Gasteiger partial charge in [0.2, 0.25) is 5.91 Å². The van der Waals surface area contributed by atoms with Crippen LogP contribution < -0.4 is 0 Å². The molecule has 0 saturated carbocycles. The molecule has 8 heteroatoms. The third-order valence-electron chi connectivity index (χ3n) is 4.21. The van der Waals surface area contributed by atoms with Gasteiger partial charge in [0.1, 0.15) is 18.3 Å². The Morgan fingerprint density at radius 2 is 1.40 bits per heavy atom. The van der Waals surface area contributed by atoms with E-state index in [0.29, 0.717) is 11.3 Å². The number of carbonyl (C=O) groups is 2. The molecule has 0 heterocycles. The van der Waals surface area contributed by atoms with Crippen LogP contribution in [0.2, 0.25) is 0 Å². The summed E-state index contributed by atoms with van der Waals surface area (Å²) in [5.74, 6) is -1.55. The van der Waals surface area contributed by atoms with Crippen LogP contribution in [0.5, 0.6) is 0 Å². The van der Waals surface area contributed by atoms with E-state index in [4.69, 9.17) is 5.11 Å². The fourth-order valence-electron chi connectivity index (χ4n) is 2.39. The number of unbranched alkanes of at least 4 members (excludes halogenated alkanes) is 6. The minimum atomic E-state index is -2.07. The Bertz CT molecular complexity index is 391. The van der Waals surface area contributed by atoms with Gasteiger partial charge >= 0.3 is 0 Å². The third kappa shape index (κ3) is 8.73. The second kappa shape index (κ2) is 13.2. The van der Waals surface area contributed by atoms with Crippen molar-refractivity contribution < 1.29 is 35.1 Å². The molecular weight excluding hydrogens is 330 g/mol. The first-order valence-corrected chi connectivity index (χ1v) is 8.91. The first-order chi connectivity index (χ1) is 11.8. The molecule has 0 unspecified atom stereocenters. The molecule has 0 radical (unpaired) electrons. The molecule has 0 aromatic carbocycles. The van der Waals surface area contributed by atoms with Crippen molar-refractivity contribution in [3.63, 3.8) is 0 Å². The molecule has 25 heavy (non-hydrogen) atoms. The quantitative estimate of drug-likeness (QED) is 0.279. The van der Waals surface area contributed by atoms with E-state index < -0.39 is 42.8 Å². The fourth-order valence-corrected chi connectivity index (χ4v) is 2.39. The second-order valence-corrected chi connectivity index (χ2v) is 6.34. The van der Waals surface area contributed by atoms with E-state index in [1.165, 1.54) is 26.3 Å². The molecule has 0 aromatic rings. The van der Waals surface area contributed by atoms with Crippen LogP contribution >= 0.6 is 0 Å². The summed E-state index contributed by atoms with van der Waals surface area (Å²) in [5, 5.41) is 46.9. The van der Waals surface area contributed by atoms with Gasteiger partial charge in [0, 0.05) is 13.5 Å². The van der Waals surface area contributed by atoms with Gasteiger partial charge in [-0.1, -0.05) is 45.4 Å². The lowest BCUT2D eigenvalue weighted by molar-refractivity contribution is -0.161. The Hall–Kier alpha value is -1.06. The van der Waals surface area contributed by atoms with Gasteiger partial charge in [-0.05, 0) is 6.42 Å². The predicted molar refractivity (Wildman–Crippen MR) is 91.5 cm³/mol.